The number of hydrogen-bond acceptors (Lipinski definition) is 2. The lowest BCUT2D eigenvalue weighted by Crippen LogP contribution is -2.27. The molecular weight excluding hydrogens is 289 g/mol. The Bertz CT molecular complexity index is 415. The molecule has 3 nitrogen and oxygen atoms in total. The third kappa shape index (κ3) is 4.34. The minimum absolute atomic E-state index is 0.324. The first-order chi connectivity index (χ1) is 7.83. The van der Waals surface area contributed by atoms with Crippen LogP contribution in [0.25, 0.3) is 0 Å². The van der Waals surface area contributed by atoms with E-state index in [1.165, 1.54) is 12.1 Å². The molecule has 0 aliphatic rings. The van der Waals surface area contributed by atoms with Crippen LogP contribution in [0.4, 0.5) is 14.9 Å². The minimum atomic E-state index is -0.592. The van der Waals surface area contributed by atoms with Gasteiger partial charge in [0.15, 0.2) is 0 Å². The van der Waals surface area contributed by atoms with Gasteiger partial charge in [-0.25, -0.2) is 9.18 Å². The third-order valence-electron chi connectivity index (χ3n) is 1.89. The summed E-state index contributed by atoms with van der Waals surface area (Å²) in [5, 5.41) is 2.85. The Balaban J connectivity index is 2.82. The summed E-state index contributed by atoms with van der Waals surface area (Å²) >= 11 is 3.18. The fourth-order valence-electron chi connectivity index (χ4n) is 1.23. The molecule has 1 aromatic rings. The molecule has 0 radical (unpaired) electrons. The number of benzene rings is 1. The quantitative estimate of drug-likeness (QED) is 0.837. The topological polar surface area (TPSA) is 38.3 Å². The van der Waals surface area contributed by atoms with Crippen LogP contribution in [0.15, 0.2) is 18.2 Å². The van der Waals surface area contributed by atoms with Crippen LogP contribution in [-0.4, -0.2) is 11.7 Å². The molecule has 0 saturated carbocycles. The molecule has 17 heavy (non-hydrogen) atoms. The van der Waals surface area contributed by atoms with Gasteiger partial charge < -0.3 is 4.74 Å². The fourth-order valence-corrected chi connectivity index (χ4v) is 1.80. The largest absolute Gasteiger partial charge is 0.444 e. The van der Waals surface area contributed by atoms with Crippen LogP contribution < -0.4 is 5.32 Å². The molecule has 0 aliphatic heterocycles. The molecule has 5 heteroatoms. The third-order valence-corrected chi connectivity index (χ3v) is 2.45. The van der Waals surface area contributed by atoms with Crippen molar-refractivity contribution in [3.05, 3.63) is 29.6 Å². The summed E-state index contributed by atoms with van der Waals surface area (Å²) < 4.78 is 18.5. The van der Waals surface area contributed by atoms with Crippen LogP contribution in [-0.2, 0) is 10.1 Å². The SMILES string of the molecule is CC(C)(C)OC(=O)Nc1cccc(F)c1CBr. The number of amides is 1. The number of carbonyl (C=O) groups is 1. The van der Waals surface area contributed by atoms with Gasteiger partial charge in [-0.05, 0) is 32.9 Å². The number of halogens is 2. The summed E-state index contributed by atoms with van der Waals surface area (Å²) in [7, 11) is 0. The number of alkyl halides is 1. The monoisotopic (exact) mass is 303 g/mol. The van der Waals surface area contributed by atoms with Gasteiger partial charge >= 0.3 is 6.09 Å². The summed E-state index contributed by atoms with van der Waals surface area (Å²) in [6, 6.07) is 4.51. The molecule has 1 rings (SSSR count). The Hall–Kier alpha value is -1.10. The Kier molecular flexibility index (Phi) is 4.51. The van der Waals surface area contributed by atoms with Crippen LogP contribution in [0.5, 0.6) is 0 Å². The van der Waals surface area contributed by atoms with Crippen molar-refractivity contribution in [3.63, 3.8) is 0 Å². The highest BCUT2D eigenvalue weighted by Crippen LogP contribution is 2.22. The number of anilines is 1. The van der Waals surface area contributed by atoms with E-state index in [4.69, 9.17) is 4.74 Å². The van der Waals surface area contributed by atoms with E-state index in [0.29, 0.717) is 16.6 Å². The maximum Gasteiger partial charge on any atom is 0.412 e. The number of carbonyl (C=O) groups excluding carboxylic acids is 1. The highest BCUT2D eigenvalue weighted by atomic mass is 79.9. The van der Waals surface area contributed by atoms with Gasteiger partial charge in [0, 0.05) is 10.9 Å². The second-order valence-electron chi connectivity index (χ2n) is 4.53. The molecular formula is C12H15BrFNO2. The molecule has 94 valence electrons. The summed E-state index contributed by atoms with van der Waals surface area (Å²) in [5.74, 6) is -0.365. The molecule has 0 aromatic heterocycles. The van der Waals surface area contributed by atoms with Gasteiger partial charge in [-0.1, -0.05) is 22.0 Å². The molecule has 0 unspecified atom stereocenters. The second-order valence-corrected chi connectivity index (χ2v) is 5.09. The molecule has 1 aromatic carbocycles. The van der Waals surface area contributed by atoms with Gasteiger partial charge in [-0.2, -0.15) is 0 Å². The average molecular weight is 304 g/mol. The number of ether oxygens (including phenoxy) is 1. The van der Waals surface area contributed by atoms with Gasteiger partial charge in [0.25, 0.3) is 0 Å². The molecule has 0 saturated heterocycles. The molecule has 1 N–H and O–H groups in total. The molecule has 0 bridgehead atoms. The maximum atomic E-state index is 13.4. The zero-order valence-corrected chi connectivity index (χ0v) is 11.6. The average Bonchev–Trinajstić information content (AvgIpc) is 2.14. The Morgan fingerprint density at radius 2 is 2.12 bits per heavy atom. The number of nitrogens with one attached hydrogen (secondary N) is 1. The Morgan fingerprint density at radius 1 is 1.47 bits per heavy atom. The van der Waals surface area contributed by atoms with Crippen LogP contribution in [0, 0.1) is 5.82 Å². The second kappa shape index (κ2) is 5.49. The van der Waals surface area contributed by atoms with Gasteiger partial charge in [-0.3, -0.25) is 5.32 Å². The predicted molar refractivity (Wildman–Crippen MR) is 68.9 cm³/mol. The molecule has 0 heterocycles. The van der Waals surface area contributed by atoms with Gasteiger partial charge in [-0.15, -0.1) is 0 Å². The lowest BCUT2D eigenvalue weighted by molar-refractivity contribution is 0.0636. The smallest absolute Gasteiger partial charge is 0.412 e. The van der Waals surface area contributed by atoms with Crippen molar-refractivity contribution >= 4 is 27.7 Å². The summed E-state index contributed by atoms with van der Waals surface area (Å²) in [5.41, 5.74) is 0.237. The first-order valence-corrected chi connectivity index (χ1v) is 6.29. The van der Waals surface area contributed by atoms with E-state index in [0.717, 1.165) is 0 Å². The highest BCUT2D eigenvalue weighted by Gasteiger charge is 2.17. The normalized spacial score (nSPS) is 11.1. The van der Waals surface area contributed by atoms with E-state index in [-0.39, 0.29) is 5.82 Å². The lowest BCUT2D eigenvalue weighted by atomic mass is 10.2. The summed E-state index contributed by atoms with van der Waals surface area (Å²) in [6.45, 7) is 5.30. The van der Waals surface area contributed by atoms with E-state index >= 15 is 0 Å². The van der Waals surface area contributed by atoms with Gasteiger partial charge in [0.05, 0.1) is 5.69 Å². The zero-order valence-electron chi connectivity index (χ0n) is 10.0. The van der Waals surface area contributed by atoms with Crippen molar-refractivity contribution in [2.24, 2.45) is 0 Å². The maximum absolute atomic E-state index is 13.4. The Labute approximate surface area is 108 Å². The molecule has 0 spiro atoms. The van der Waals surface area contributed by atoms with Crippen molar-refractivity contribution in [1.82, 2.24) is 0 Å². The highest BCUT2D eigenvalue weighted by molar-refractivity contribution is 9.08. The fraction of sp³-hybridized carbons (Fsp3) is 0.417. The standard InChI is InChI=1S/C12H15BrFNO2/c1-12(2,3)17-11(16)15-10-6-4-5-9(14)8(10)7-13/h4-6H,7H2,1-3H3,(H,15,16). The zero-order chi connectivity index (χ0) is 13.1. The summed E-state index contributed by atoms with van der Waals surface area (Å²) in [6.07, 6.45) is -0.592. The molecule has 0 fully saturated rings. The summed E-state index contributed by atoms with van der Waals surface area (Å²) in [4.78, 5) is 11.5. The van der Waals surface area contributed by atoms with Crippen molar-refractivity contribution < 1.29 is 13.9 Å². The van der Waals surface area contributed by atoms with Crippen LogP contribution in [0.1, 0.15) is 26.3 Å². The van der Waals surface area contributed by atoms with E-state index in [1.807, 2.05) is 0 Å². The Morgan fingerprint density at radius 3 is 2.65 bits per heavy atom. The number of rotatable bonds is 2. The van der Waals surface area contributed by atoms with Crippen molar-refractivity contribution in [2.75, 3.05) is 5.32 Å². The first-order valence-electron chi connectivity index (χ1n) is 5.17. The van der Waals surface area contributed by atoms with E-state index in [1.54, 1.807) is 26.8 Å². The first kappa shape index (κ1) is 14.0. The van der Waals surface area contributed by atoms with E-state index in [2.05, 4.69) is 21.2 Å². The van der Waals surface area contributed by atoms with Gasteiger partial charge in [0.1, 0.15) is 11.4 Å². The van der Waals surface area contributed by atoms with Crippen molar-refractivity contribution in [3.8, 4) is 0 Å². The van der Waals surface area contributed by atoms with Crippen molar-refractivity contribution in [2.45, 2.75) is 31.7 Å². The molecule has 1 amide bonds. The molecule has 0 atom stereocenters. The molecule has 0 aliphatic carbocycles. The predicted octanol–water partition coefficient (Wildman–Crippen LogP) is 4.07. The number of hydrogen-bond donors (Lipinski definition) is 1. The van der Waals surface area contributed by atoms with Crippen molar-refractivity contribution in [1.29, 1.82) is 0 Å². The van der Waals surface area contributed by atoms with Crippen LogP contribution in [0.2, 0.25) is 0 Å². The van der Waals surface area contributed by atoms with Crippen LogP contribution in [0.3, 0.4) is 0 Å². The van der Waals surface area contributed by atoms with E-state index < -0.39 is 11.7 Å². The van der Waals surface area contributed by atoms with Gasteiger partial charge in [0.2, 0.25) is 0 Å². The lowest BCUT2D eigenvalue weighted by Gasteiger charge is -2.20. The minimum Gasteiger partial charge on any atom is -0.444 e. The van der Waals surface area contributed by atoms with Crippen LogP contribution >= 0.6 is 15.9 Å². The van der Waals surface area contributed by atoms with E-state index in [9.17, 15) is 9.18 Å².